The summed E-state index contributed by atoms with van der Waals surface area (Å²) in [6, 6.07) is 2.05. The zero-order chi connectivity index (χ0) is 29.3. The number of nitrogens with one attached hydrogen (secondary N) is 4. The monoisotopic (exact) mass is 547 g/mol. The summed E-state index contributed by atoms with van der Waals surface area (Å²) in [5, 5.41) is 36.6. The molecule has 0 saturated heterocycles. The van der Waals surface area contributed by atoms with E-state index in [9.17, 15) is 34.2 Å². The summed E-state index contributed by atoms with van der Waals surface area (Å²) in [6.45, 7) is 4.72. The SMILES string of the molecule is CCC(C)C(NC(=O)C(CCC(=O)O)NC(=O)C(Cc1c[nH]c2ccccc12)NC(=O)C(N)C(C)O)C(=O)O. The third-order valence-electron chi connectivity index (χ3n) is 6.61. The third-order valence-corrected chi connectivity index (χ3v) is 6.61. The number of aromatic amines is 1. The van der Waals surface area contributed by atoms with Crippen molar-refractivity contribution in [3.63, 3.8) is 0 Å². The maximum atomic E-state index is 13.4. The van der Waals surface area contributed by atoms with Gasteiger partial charge in [-0.2, -0.15) is 0 Å². The van der Waals surface area contributed by atoms with E-state index in [4.69, 9.17) is 10.8 Å². The Morgan fingerprint density at radius 1 is 0.949 bits per heavy atom. The number of rotatable bonds is 15. The molecule has 13 heteroatoms. The number of benzene rings is 1. The number of carbonyl (C=O) groups excluding carboxylic acids is 3. The molecule has 214 valence electrons. The van der Waals surface area contributed by atoms with Gasteiger partial charge in [-0.15, -0.1) is 0 Å². The van der Waals surface area contributed by atoms with Gasteiger partial charge in [0.25, 0.3) is 0 Å². The van der Waals surface area contributed by atoms with Crippen molar-refractivity contribution in [1.82, 2.24) is 20.9 Å². The van der Waals surface area contributed by atoms with Gasteiger partial charge in [0.1, 0.15) is 24.2 Å². The second kappa shape index (κ2) is 14.3. The van der Waals surface area contributed by atoms with E-state index in [0.717, 1.165) is 10.9 Å². The van der Waals surface area contributed by atoms with Crippen LogP contribution in [0, 0.1) is 5.92 Å². The predicted molar refractivity (Wildman–Crippen MR) is 141 cm³/mol. The van der Waals surface area contributed by atoms with E-state index in [2.05, 4.69) is 20.9 Å². The minimum absolute atomic E-state index is 0.0218. The highest BCUT2D eigenvalue weighted by molar-refractivity contribution is 5.95. The largest absolute Gasteiger partial charge is 0.481 e. The summed E-state index contributed by atoms with van der Waals surface area (Å²) in [4.78, 5) is 65.1. The van der Waals surface area contributed by atoms with Gasteiger partial charge in [-0.05, 0) is 30.9 Å². The highest BCUT2D eigenvalue weighted by Crippen LogP contribution is 2.19. The normalized spacial score (nSPS) is 15.8. The van der Waals surface area contributed by atoms with Gasteiger partial charge in [-0.25, -0.2) is 4.79 Å². The molecule has 0 aliphatic heterocycles. The van der Waals surface area contributed by atoms with Crippen LogP contribution in [0.3, 0.4) is 0 Å². The van der Waals surface area contributed by atoms with Gasteiger partial charge < -0.3 is 42.0 Å². The second-order valence-electron chi connectivity index (χ2n) is 9.59. The van der Waals surface area contributed by atoms with E-state index < -0.39 is 72.3 Å². The average molecular weight is 548 g/mol. The zero-order valence-corrected chi connectivity index (χ0v) is 22.1. The first-order chi connectivity index (χ1) is 18.3. The zero-order valence-electron chi connectivity index (χ0n) is 22.1. The van der Waals surface area contributed by atoms with Crippen molar-refractivity contribution in [2.45, 2.75) is 76.7 Å². The van der Waals surface area contributed by atoms with Gasteiger partial charge in [0.05, 0.1) is 6.10 Å². The number of H-pyrrole nitrogens is 1. The van der Waals surface area contributed by atoms with Crippen LogP contribution in [0.4, 0.5) is 0 Å². The summed E-state index contributed by atoms with van der Waals surface area (Å²) >= 11 is 0. The Balaban J connectivity index is 2.33. The minimum atomic E-state index is -1.40. The Kier molecular flexibility index (Phi) is 11.4. The van der Waals surface area contributed by atoms with Crippen molar-refractivity contribution in [2.75, 3.05) is 0 Å². The maximum absolute atomic E-state index is 13.4. The van der Waals surface area contributed by atoms with Crippen LogP contribution in [0.1, 0.15) is 45.6 Å². The molecular weight excluding hydrogens is 510 g/mol. The Morgan fingerprint density at radius 2 is 1.56 bits per heavy atom. The molecule has 0 spiro atoms. The van der Waals surface area contributed by atoms with E-state index >= 15 is 0 Å². The molecule has 13 nitrogen and oxygen atoms in total. The third kappa shape index (κ3) is 8.79. The first kappa shape index (κ1) is 31.2. The topological polar surface area (TPSA) is 224 Å². The molecular formula is C26H37N5O8. The highest BCUT2D eigenvalue weighted by atomic mass is 16.4. The van der Waals surface area contributed by atoms with E-state index in [0.29, 0.717) is 12.0 Å². The first-order valence-electron chi connectivity index (χ1n) is 12.7. The standard InChI is InChI=1S/C26H37N5O8/c1-4-13(2)22(26(38)39)31-23(35)18(9-10-20(33)34)29-24(36)19(30-25(37)21(27)14(3)32)11-15-12-28-17-8-6-5-7-16(15)17/h5-8,12-14,18-19,21-22,28,32H,4,9-11,27H2,1-3H3,(H,29,36)(H,30,37)(H,31,35)(H,33,34)(H,38,39). The first-order valence-corrected chi connectivity index (χ1v) is 12.7. The minimum Gasteiger partial charge on any atom is -0.481 e. The van der Waals surface area contributed by atoms with Crippen molar-refractivity contribution in [3.05, 3.63) is 36.0 Å². The number of carboxylic acids is 2. The van der Waals surface area contributed by atoms with E-state index in [-0.39, 0.29) is 12.8 Å². The lowest BCUT2D eigenvalue weighted by molar-refractivity contribution is -0.144. The fourth-order valence-corrected chi connectivity index (χ4v) is 3.96. The number of carboxylic acid groups (broad SMARTS) is 2. The molecule has 1 aromatic heterocycles. The smallest absolute Gasteiger partial charge is 0.326 e. The Labute approximate surface area is 225 Å². The molecule has 3 amide bonds. The molecule has 9 N–H and O–H groups in total. The van der Waals surface area contributed by atoms with Gasteiger partial charge in [0, 0.05) is 29.9 Å². The summed E-state index contributed by atoms with van der Waals surface area (Å²) in [7, 11) is 0. The van der Waals surface area contributed by atoms with Crippen molar-refractivity contribution in [3.8, 4) is 0 Å². The van der Waals surface area contributed by atoms with Crippen LogP contribution in [0.5, 0.6) is 0 Å². The van der Waals surface area contributed by atoms with Gasteiger partial charge in [-0.3, -0.25) is 19.2 Å². The summed E-state index contributed by atoms with van der Waals surface area (Å²) in [5.74, 6) is -5.40. The number of carbonyl (C=O) groups is 5. The molecule has 1 aromatic carbocycles. The summed E-state index contributed by atoms with van der Waals surface area (Å²) in [5.41, 5.74) is 7.21. The predicted octanol–water partition coefficient (Wildman–Crippen LogP) is -0.132. The molecule has 2 aromatic rings. The lowest BCUT2D eigenvalue weighted by Gasteiger charge is -2.26. The number of aliphatic hydroxyl groups excluding tert-OH is 1. The van der Waals surface area contributed by atoms with Crippen LogP contribution in [0.25, 0.3) is 10.9 Å². The molecule has 6 unspecified atom stereocenters. The number of aliphatic hydroxyl groups is 1. The number of fused-ring (bicyclic) bond motifs is 1. The van der Waals surface area contributed by atoms with Crippen molar-refractivity contribution >= 4 is 40.6 Å². The summed E-state index contributed by atoms with van der Waals surface area (Å²) in [6.07, 6.45) is 0.0954. The van der Waals surface area contributed by atoms with E-state index in [1.807, 2.05) is 18.2 Å². The number of aromatic nitrogens is 1. The van der Waals surface area contributed by atoms with Crippen LogP contribution in [0.2, 0.25) is 0 Å². The number of hydrogen-bond donors (Lipinski definition) is 8. The van der Waals surface area contributed by atoms with Crippen molar-refractivity contribution < 1.29 is 39.3 Å². The average Bonchev–Trinajstić information content (AvgIpc) is 3.30. The molecule has 39 heavy (non-hydrogen) atoms. The fourth-order valence-electron chi connectivity index (χ4n) is 3.96. The summed E-state index contributed by atoms with van der Waals surface area (Å²) < 4.78 is 0. The van der Waals surface area contributed by atoms with Gasteiger partial charge in [0.2, 0.25) is 17.7 Å². The number of para-hydroxylation sites is 1. The molecule has 0 aliphatic carbocycles. The fraction of sp³-hybridized carbons (Fsp3) is 0.500. The number of hydrogen-bond acceptors (Lipinski definition) is 7. The number of amides is 3. The lowest BCUT2D eigenvalue weighted by Crippen LogP contribution is -2.59. The second-order valence-corrected chi connectivity index (χ2v) is 9.59. The molecule has 0 bridgehead atoms. The van der Waals surface area contributed by atoms with Crippen LogP contribution < -0.4 is 21.7 Å². The van der Waals surface area contributed by atoms with Crippen LogP contribution in [-0.2, 0) is 30.4 Å². The quantitative estimate of drug-likeness (QED) is 0.148. The van der Waals surface area contributed by atoms with Gasteiger partial charge in [0.15, 0.2) is 0 Å². The highest BCUT2D eigenvalue weighted by Gasteiger charge is 2.33. The molecule has 0 aliphatic rings. The van der Waals surface area contributed by atoms with Gasteiger partial charge in [-0.1, -0.05) is 38.5 Å². The molecule has 0 radical (unpaired) electrons. The Bertz CT molecular complexity index is 1180. The molecule has 1 heterocycles. The van der Waals surface area contributed by atoms with Crippen LogP contribution >= 0.6 is 0 Å². The number of aliphatic carboxylic acids is 2. The van der Waals surface area contributed by atoms with E-state index in [1.54, 1.807) is 26.1 Å². The Hall–Kier alpha value is -3.97. The van der Waals surface area contributed by atoms with Gasteiger partial charge >= 0.3 is 11.9 Å². The van der Waals surface area contributed by atoms with Crippen molar-refractivity contribution in [1.29, 1.82) is 0 Å². The van der Waals surface area contributed by atoms with Crippen LogP contribution in [-0.4, -0.2) is 80.2 Å². The van der Waals surface area contributed by atoms with E-state index in [1.165, 1.54) is 6.92 Å². The Morgan fingerprint density at radius 3 is 2.15 bits per heavy atom. The van der Waals surface area contributed by atoms with Crippen LogP contribution in [0.15, 0.2) is 30.5 Å². The number of nitrogens with two attached hydrogens (primary N) is 1. The van der Waals surface area contributed by atoms with Crippen molar-refractivity contribution in [2.24, 2.45) is 11.7 Å². The maximum Gasteiger partial charge on any atom is 0.326 e. The molecule has 0 fully saturated rings. The molecule has 6 atom stereocenters. The molecule has 2 rings (SSSR count). The molecule has 0 saturated carbocycles. The lowest BCUT2D eigenvalue weighted by atomic mass is 9.98.